The third kappa shape index (κ3) is 2.81. The zero-order valence-corrected chi connectivity index (χ0v) is 11.7. The van der Waals surface area contributed by atoms with Gasteiger partial charge in [-0.15, -0.1) is 12.4 Å². The highest BCUT2D eigenvalue weighted by atomic mass is 35.5. The van der Waals surface area contributed by atoms with Gasteiger partial charge in [-0.1, -0.05) is 12.1 Å². The molecule has 0 fully saturated rings. The highest BCUT2D eigenvalue weighted by molar-refractivity contribution is 6.21. The molecule has 0 saturated carbocycles. The van der Waals surface area contributed by atoms with Crippen molar-refractivity contribution in [2.45, 2.75) is 13.0 Å². The number of esters is 1. The second kappa shape index (κ2) is 6.49. The van der Waals surface area contributed by atoms with Crippen LogP contribution in [0.15, 0.2) is 24.3 Å². The summed E-state index contributed by atoms with van der Waals surface area (Å²) in [6.07, 6.45) is 0. The Hall–Kier alpha value is -1.92. The number of hydrogen-bond acceptors (Lipinski definition) is 5. The Morgan fingerprint density at radius 2 is 1.75 bits per heavy atom. The Balaban J connectivity index is 0.00000200. The molecular weight excluding hydrogens is 284 g/mol. The van der Waals surface area contributed by atoms with E-state index in [0.717, 1.165) is 4.90 Å². The predicted molar refractivity (Wildman–Crippen MR) is 73.7 cm³/mol. The van der Waals surface area contributed by atoms with Gasteiger partial charge >= 0.3 is 5.97 Å². The van der Waals surface area contributed by atoms with Crippen LogP contribution in [0.5, 0.6) is 0 Å². The molecule has 0 aliphatic carbocycles. The maximum Gasteiger partial charge on any atom is 0.324 e. The van der Waals surface area contributed by atoms with Crippen molar-refractivity contribution in [2.24, 2.45) is 5.73 Å². The van der Waals surface area contributed by atoms with Gasteiger partial charge in [-0.3, -0.25) is 19.3 Å². The van der Waals surface area contributed by atoms with Crippen molar-refractivity contribution >= 4 is 30.2 Å². The minimum Gasteiger partial charge on any atom is -0.465 e. The van der Waals surface area contributed by atoms with Crippen LogP contribution < -0.4 is 5.73 Å². The van der Waals surface area contributed by atoms with Crippen LogP contribution in [0.2, 0.25) is 0 Å². The predicted octanol–water partition coefficient (Wildman–Crippen LogP) is 0.595. The number of hydrogen-bond donors (Lipinski definition) is 1. The standard InChI is InChI=1S/C13H14N2O4.ClH/c1-2-19-13(18)10(14)7-15-11(16)8-5-3-4-6-9(8)12(15)17;/h3-6,10H,2,7,14H2,1H3;1H. The average molecular weight is 299 g/mol. The van der Waals surface area contributed by atoms with Crippen molar-refractivity contribution in [3.63, 3.8) is 0 Å². The molecule has 6 nitrogen and oxygen atoms in total. The van der Waals surface area contributed by atoms with E-state index in [1.54, 1.807) is 31.2 Å². The lowest BCUT2D eigenvalue weighted by atomic mass is 10.1. The quantitative estimate of drug-likeness (QED) is 0.649. The lowest BCUT2D eigenvalue weighted by Gasteiger charge is -2.17. The highest BCUT2D eigenvalue weighted by Crippen LogP contribution is 2.22. The Morgan fingerprint density at radius 1 is 1.25 bits per heavy atom. The monoisotopic (exact) mass is 298 g/mol. The van der Waals surface area contributed by atoms with Gasteiger partial charge in [0.1, 0.15) is 6.04 Å². The molecule has 1 aliphatic rings. The van der Waals surface area contributed by atoms with E-state index in [4.69, 9.17) is 10.5 Å². The number of rotatable bonds is 4. The lowest BCUT2D eigenvalue weighted by molar-refractivity contribution is -0.144. The number of fused-ring (bicyclic) bond motifs is 1. The largest absolute Gasteiger partial charge is 0.465 e. The highest BCUT2D eigenvalue weighted by Gasteiger charge is 2.37. The summed E-state index contributed by atoms with van der Waals surface area (Å²) >= 11 is 0. The Labute approximate surface area is 122 Å². The zero-order chi connectivity index (χ0) is 14.0. The lowest BCUT2D eigenvalue weighted by Crippen LogP contribution is -2.45. The summed E-state index contributed by atoms with van der Waals surface area (Å²) in [5.41, 5.74) is 6.30. The summed E-state index contributed by atoms with van der Waals surface area (Å²) in [5, 5.41) is 0. The smallest absolute Gasteiger partial charge is 0.324 e. The molecule has 20 heavy (non-hydrogen) atoms. The van der Waals surface area contributed by atoms with Crippen LogP contribution in [0.25, 0.3) is 0 Å². The third-order valence-electron chi connectivity index (χ3n) is 2.85. The van der Waals surface area contributed by atoms with Crippen molar-refractivity contribution in [3.8, 4) is 0 Å². The summed E-state index contributed by atoms with van der Waals surface area (Å²) in [4.78, 5) is 36.4. The molecule has 7 heteroatoms. The van der Waals surface area contributed by atoms with E-state index in [1.165, 1.54) is 0 Å². The second-order valence-corrected chi connectivity index (χ2v) is 4.13. The van der Waals surface area contributed by atoms with E-state index in [0.29, 0.717) is 11.1 Å². The van der Waals surface area contributed by atoms with Crippen molar-refractivity contribution in [3.05, 3.63) is 35.4 Å². The van der Waals surface area contributed by atoms with Gasteiger partial charge in [0.15, 0.2) is 0 Å². The summed E-state index contributed by atoms with van der Waals surface area (Å²) in [7, 11) is 0. The fourth-order valence-electron chi connectivity index (χ4n) is 1.93. The van der Waals surface area contributed by atoms with E-state index in [-0.39, 0.29) is 25.6 Å². The number of nitrogens with zero attached hydrogens (tertiary/aromatic N) is 1. The summed E-state index contributed by atoms with van der Waals surface area (Å²) in [6.45, 7) is 1.69. The molecule has 108 valence electrons. The van der Waals surface area contributed by atoms with Crippen LogP contribution in [0.3, 0.4) is 0 Å². The van der Waals surface area contributed by atoms with Crippen molar-refractivity contribution in [1.29, 1.82) is 0 Å². The third-order valence-corrected chi connectivity index (χ3v) is 2.85. The number of carbonyl (C=O) groups is 3. The SMILES string of the molecule is CCOC(=O)C(N)CN1C(=O)c2ccccc2C1=O.Cl. The van der Waals surface area contributed by atoms with Gasteiger partial charge in [0.25, 0.3) is 11.8 Å². The minimum absolute atomic E-state index is 0. The second-order valence-electron chi connectivity index (χ2n) is 4.13. The van der Waals surface area contributed by atoms with Gasteiger partial charge in [0, 0.05) is 0 Å². The van der Waals surface area contributed by atoms with Gasteiger partial charge in [-0.05, 0) is 19.1 Å². The van der Waals surface area contributed by atoms with E-state index in [2.05, 4.69) is 0 Å². The summed E-state index contributed by atoms with van der Waals surface area (Å²) < 4.78 is 4.75. The molecule has 1 heterocycles. The van der Waals surface area contributed by atoms with Crippen molar-refractivity contribution < 1.29 is 19.1 Å². The van der Waals surface area contributed by atoms with Gasteiger partial charge in [-0.25, -0.2) is 0 Å². The minimum atomic E-state index is -1.03. The zero-order valence-electron chi connectivity index (χ0n) is 10.9. The molecule has 2 N–H and O–H groups in total. The molecule has 1 aliphatic heterocycles. The molecular formula is C13H15ClN2O4. The summed E-state index contributed by atoms with van der Waals surface area (Å²) in [5.74, 6) is -1.49. The Bertz CT molecular complexity index is 512. The first-order valence-corrected chi connectivity index (χ1v) is 5.93. The number of benzene rings is 1. The molecule has 1 aromatic carbocycles. The van der Waals surface area contributed by atoms with Crippen LogP contribution in [-0.2, 0) is 9.53 Å². The molecule has 1 unspecified atom stereocenters. The number of ether oxygens (including phenoxy) is 1. The Morgan fingerprint density at radius 3 is 2.20 bits per heavy atom. The molecule has 0 bridgehead atoms. The Kier molecular flexibility index (Phi) is 5.24. The molecule has 0 aromatic heterocycles. The first kappa shape index (κ1) is 16.1. The molecule has 1 aromatic rings. The van der Waals surface area contributed by atoms with Gasteiger partial charge in [0.2, 0.25) is 0 Å². The van der Waals surface area contributed by atoms with Gasteiger partial charge in [-0.2, -0.15) is 0 Å². The number of nitrogens with two attached hydrogens (primary N) is 1. The molecule has 2 rings (SSSR count). The first-order valence-electron chi connectivity index (χ1n) is 5.93. The van der Waals surface area contributed by atoms with Crippen molar-refractivity contribution in [1.82, 2.24) is 4.90 Å². The van der Waals surface area contributed by atoms with E-state index in [1.807, 2.05) is 0 Å². The normalized spacial score (nSPS) is 14.6. The fraction of sp³-hybridized carbons (Fsp3) is 0.308. The van der Waals surface area contributed by atoms with Gasteiger partial charge < -0.3 is 10.5 Å². The number of halogens is 1. The maximum absolute atomic E-state index is 12.0. The maximum atomic E-state index is 12.0. The molecule has 0 radical (unpaired) electrons. The number of imide groups is 1. The average Bonchev–Trinajstić information content (AvgIpc) is 2.65. The number of carbonyl (C=O) groups excluding carboxylic acids is 3. The molecule has 1 atom stereocenters. The van der Waals surface area contributed by atoms with Crippen LogP contribution in [0.4, 0.5) is 0 Å². The molecule has 0 saturated heterocycles. The van der Waals surface area contributed by atoms with Crippen molar-refractivity contribution in [2.75, 3.05) is 13.2 Å². The first-order chi connectivity index (χ1) is 9.06. The van der Waals surface area contributed by atoms with E-state index >= 15 is 0 Å². The van der Waals surface area contributed by atoms with Crippen LogP contribution in [0.1, 0.15) is 27.6 Å². The van der Waals surface area contributed by atoms with Crippen LogP contribution >= 0.6 is 12.4 Å². The van der Waals surface area contributed by atoms with Crippen LogP contribution in [-0.4, -0.2) is 41.9 Å². The van der Waals surface area contributed by atoms with E-state index in [9.17, 15) is 14.4 Å². The topological polar surface area (TPSA) is 89.7 Å². The van der Waals surface area contributed by atoms with E-state index < -0.39 is 23.8 Å². The molecule has 0 spiro atoms. The number of amides is 2. The molecule has 2 amide bonds. The summed E-state index contributed by atoms with van der Waals surface area (Å²) in [6, 6.07) is 5.48. The fourth-order valence-corrected chi connectivity index (χ4v) is 1.93. The van der Waals surface area contributed by atoms with Gasteiger partial charge in [0.05, 0.1) is 24.3 Å². The van der Waals surface area contributed by atoms with Crippen LogP contribution in [0, 0.1) is 0 Å².